The van der Waals surface area contributed by atoms with Gasteiger partial charge in [0.2, 0.25) is 5.91 Å². The molecule has 0 saturated carbocycles. The highest BCUT2D eigenvalue weighted by molar-refractivity contribution is 6.02. The quantitative estimate of drug-likeness (QED) is 0.567. The van der Waals surface area contributed by atoms with E-state index in [4.69, 9.17) is 4.84 Å². The summed E-state index contributed by atoms with van der Waals surface area (Å²) >= 11 is 0. The van der Waals surface area contributed by atoms with E-state index in [9.17, 15) is 18.8 Å². The predicted octanol–water partition coefficient (Wildman–Crippen LogP) is 2.33. The average Bonchev–Trinajstić information content (AvgIpc) is 3.42. The van der Waals surface area contributed by atoms with Crippen LogP contribution in [0.5, 0.6) is 0 Å². The molecule has 5 rings (SSSR count). The Kier molecular flexibility index (Phi) is 5.81. The Hall–Kier alpha value is -4.05. The number of H-pyrrole nitrogens is 1. The van der Waals surface area contributed by atoms with Crippen molar-refractivity contribution in [2.24, 2.45) is 0 Å². The molecule has 0 radical (unpaired) electrons. The molecule has 180 valence electrons. The first-order valence-corrected chi connectivity index (χ1v) is 11.2. The van der Waals surface area contributed by atoms with Crippen molar-refractivity contribution < 1.29 is 23.6 Å². The van der Waals surface area contributed by atoms with Gasteiger partial charge in [0.05, 0.1) is 25.1 Å². The Morgan fingerprint density at radius 1 is 1.26 bits per heavy atom. The molecule has 0 spiro atoms. The number of carbonyl (C=O) groups excluding carboxylic acids is 3. The maximum Gasteiger partial charge on any atom is 0.271 e. The molecule has 3 amide bonds. The fourth-order valence-corrected chi connectivity index (χ4v) is 4.58. The van der Waals surface area contributed by atoms with Gasteiger partial charge in [-0.2, -0.15) is 0 Å². The molecule has 4 heterocycles. The third-order valence-corrected chi connectivity index (χ3v) is 6.35. The van der Waals surface area contributed by atoms with Crippen LogP contribution in [-0.2, 0) is 33.9 Å². The minimum atomic E-state index is -0.807. The van der Waals surface area contributed by atoms with E-state index in [0.717, 1.165) is 5.56 Å². The van der Waals surface area contributed by atoms with E-state index in [2.05, 4.69) is 15.3 Å². The molecule has 35 heavy (non-hydrogen) atoms. The van der Waals surface area contributed by atoms with Crippen LogP contribution in [0.2, 0.25) is 0 Å². The summed E-state index contributed by atoms with van der Waals surface area (Å²) < 4.78 is 13.6. The van der Waals surface area contributed by atoms with Crippen molar-refractivity contribution in [1.29, 1.82) is 0 Å². The summed E-state index contributed by atoms with van der Waals surface area (Å²) in [6, 6.07) is 7.10. The summed E-state index contributed by atoms with van der Waals surface area (Å²) in [5.41, 5.74) is 4.55. The lowest BCUT2D eigenvalue weighted by atomic mass is 10.1. The average molecular weight is 477 g/mol. The zero-order valence-electron chi connectivity index (χ0n) is 19.3. The van der Waals surface area contributed by atoms with Crippen LogP contribution in [0, 0.1) is 19.7 Å². The van der Waals surface area contributed by atoms with Crippen LogP contribution in [0.1, 0.15) is 38.4 Å². The number of halogens is 1. The number of hydrogen-bond acceptors (Lipinski definition) is 5. The first kappa shape index (κ1) is 22.7. The molecule has 2 N–H and O–H groups in total. The summed E-state index contributed by atoms with van der Waals surface area (Å²) in [5.74, 6) is -1.25. The van der Waals surface area contributed by atoms with Crippen LogP contribution in [0.3, 0.4) is 0 Å². The first-order valence-electron chi connectivity index (χ1n) is 11.2. The lowest BCUT2D eigenvalue weighted by Gasteiger charge is -2.17. The third kappa shape index (κ3) is 4.28. The molecule has 1 saturated heterocycles. The lowest BCUT2D eigenvalue weighted by Crippen LogP contribution is -2.42. The Balaban J connectivity index is 1.28. The number of fused-ring (bicyclic) bond motifs is 1. The van der Waals surface area contributed by atoms with Crippen LogP contribution in [0.25, 0.3) is 0 Å². The number of hydroxylamine groups is 2. The van der Waals surface area contributed by atoms with Crippen LogP contribution in [0.15, 0.2) is 42.7 Å². The number of amides is 3. The number of aromatic nitrogens is 2. The minimum Gasteiger partial charge on any atom is -0.360 e. The van der Waals surface area contributed by atoms with Crippen molar-refractivity contribution in [2.75, 3.05) is 11.5 Å². The molecule has 1 aromatic carbocycles. The van der Waals surface area contributed by atoms with Crippen molar-refractivity contribution in [3.63, 3.8) is 0 Å². The second kappa shape index (κ2) is 8.95. The van der Waals surface area contributed by atoms with Gasteiger partial charge in [-0.05, 0) is 54.8 Å². The van der Waals surface area contributed by atoms with E-state index in [1.807, 2.05) is 6.07 Å². The van der Waals surface area contributed by atoms with Crippen LogP contribution < -0.4 is 10.2 Å². The van der Waals surface area contributed by atoms with E-state index in [1.165, 1.54) is 17.2 Å². The highest BCUT2D eigenvalue weighted by Crippen LogP contribution is 2.32. The molecule has 9 nitrogen and oxygen atoms in total. The number of nitrogens with zero attached hydrogens (tertiary/aromatic N) is 3. The first-order chi connectivity index (χ1) is 16.8. The van der Waals surface area contributed by atoms with Gasteiger partial charge in [-0.3, -0.25) is 24.2 Å². The molecule has 1 fully saturated rings. The zero-order valence-corrected chi connectivity index (χ0v) is 19.3. The summed E-state index contributed by atoms with van der Waals surface area (Å²) in [6.45, 7) is 4.06. The molecule has 2 aromatic heterocycles. The largest absolute Gasteiger partial charge is 0.360 e. The van der Waals surface area contributed by atoms with E-state index < -0.39 is 11.9 Å². The monoisotopic (exact) mass is 477 g/mol. The SMILES string of the molecule is Cc1[nH]c(CN2C(=O)Cc3cc(F)ccc32)c(C)c1C(=O)N[C@@H]1CON(Cc2cccnc2)C1=O. The summed E-state index contributed by atoms with van der Waals surface area (Å²) in [5, 5.41) is 3.99. The number of pyridine rings is 1. The smallest absolute Gasteiger partial charge is 0.271 e. The number of carbonyl (C=O) groups is 3. The van der Waals surface area contributed by atoms with E-state index >= 15 is 0 Å². The lowest BCUT2D eigenvalue weighted by molar-refractivity contribution is -0.164. The molecule has 0 unspecified atom stereocenters. The van der Waals surface area contributed by atoms with Crippen molar-refractivity contribution in [1.82, 2.24) is 20.3 Å². The van der Waals surface area contributed by atoms with Gasteiger partial charge in [0.25, 0.3) is 11.8 Å². The van der Waals surface area contributed by atoms with Crippen molar-refractivity contribution in [3.8, 4) is 0 Å². The van der Waals surface area contributed by atoms with Gasteiger partial charge in [0.1, 0.15) is 18.5 Å². The fourth-order valence-electron chi connectivity index (χ4n) is 4.58. The molecule has 2 aliphatic rings. The van der Waals surface area contributed by atoms with Gasteiger partial charge < -0.3 is 15.2 Å². The van der Waals surface area contributed by atoms with Crippen molar-refractivity contribution >= 4 is 23.4 Å². The van der Waals surface area contributed by atoms with E-state index in [-0.39, 0.29) is 43.7 Å². The van der Waals surface area contributed by atoms with Gasteiger partial charge in [-0.1, -0.05) is 6.07 Å². The number of benzene rings is 1. The Morgan fingerprint density at radius 2 is 2.09 bits per heavy atom. The normalized spacial score (nSPS) is 17.3. The molecule has 3 aromatic rings. The number of nitrogens with one attached hydrogen (secondary N) is 2. The number of hydrogen-bond donors (Lipinski definition) is 2. The van der Waals surface area contributed by atoms with Crippen LogP contribution in [-0.4, -0.2) is 45.4 Å². The molecule has 0 aliphatic carbocycles. The van der Waals surface area contributed by atoms with E-state index in [0.29, 0.717) is 33.8 Å². The number of aromatic amines is 1. The standard InChI is InChI=1S/C25H24FN5O4/c1-14-19(12-30-21-6-5-18(26)8-17(21)9-22(30)32)28-15(2)23(14)24(33)29-20-13-35-31(25(20)34)11-16-4-3-7-27-10-16/h3-8,10,20,28H,9,11-13H2,1-2H3,(H,29,33)/t20-/m1/s1. The topological polar surface area (TPSA) is 108 Å². The number of rotatable bonds is 6. The number of aryl methyl sites for hydroxylation is 1. The van der Waals surface area contributed by atoms with Gasteiger partial charge in [0, 0.05) is 29.5 Å². The van der Waals surface area contributed by atoms with Crippen LogP contribution >= 0.6 is 0 Å². The molecule has 10 heteroatoms. The summed E-state index contributed by atoms with van der Waals surface area (Å²) in [4.78, 5) is 52.7. The van der Waals surface area contributed by atoms with Crippen LogP contribution in [0.4, 0.5) is 10.1 Å². The second-order valence-electron chi connectivity index (χ2n) is 8.72. The molecule has 0 bridgehead atoms. The predicted molar refractivity (Wildman–Crippen MR) is 124 cm³/mol. The van der Waals surface area contributed by atoms with Crippen molar-refractivity contribution in [3.05, 3.63) is 82.2 Å². The molecule has 2 aliphatic heterocycles. The number of anilines is 1. The summed E-state index contributed by atoms with van der Waals surface area (Å²) in [7, 11) is 0. The summed E-state index contributed by atoms with van der Waals surface area (Å²) in [6.07, 6.45) is 3.43. The molecular formula is C25H24FN5O4. The van der Waals surface area contributed by atoms with Gasteiger partial charge in [-0.15, -0.1) is 0 Å². The Labute approximate surface area is 200 Å². The van der Waals surface area contributed by atoms with E-state index in [1.54, 1.807) is 43.3 Å². The zero-order chi connectivity index (χ0) is 24.7. The van der Waals surface area contributed by atoms with Gasteiger partial charge in [-0.25, -0.2) is 9.45 Å². The maximum atomic E-state index is 13.6. The van der Waals surface area contributed by atoms with Gasteiger partial charge >= 0.3 is 0 Å². The second-order valence-corrected chi connectivity index (χ2v) is 8.72. The third-order valence-electron chi connectivity index (χ3n) is 6.35. The Bertz CT molecular complexity index is 1320. The fraction of sp³-hybridized carbons (Fsp3) is 0.280. The molecular weight excluding hydrogens is 453 g/mol. The van der Waals surface area contributed by atoms with Gasteiger partial charge in [0.15, 0.2) is 0 Å². The molecule has 1 atom stereocenters. The highest BCUT2D eigenvalue weighted by atomic mass is 19.1. The Morgan fingerprint density at radius 3 is 2.86 bits per heavy atom. The highest BCUT2D eigenvalue weighted by Gasteiger charge is 2.36. The van der Waals surface area contributed by atoms with Crippen molar-refractivity contribution in [2.45, 2.75) is 39.4 Å². The minimum absolute atomic E-state index is 0.0375. The maximum absolute atomic E-state index is 13.6.